The van der Waals surface area contributed by atoms with E-state index in [9.17, 15) is 14.0 Å². The molecule has 2 rings (SSSR count). The Balaban J connectivity index is 1.73. The van der Waals surface area contributed by atoms with Crippen molar-refractivity contribution in [1.82, 2.24) is 5.32 Å². The Bertz CT molecular complexity index is 753. The van der Waals surface area contributed by atoms with Crippen LogP contribution < -0.4 is 10.1 Å². The van der Waals surface area contributed by atoms with E-state index in [1.165, 1.54) is 18.2 Å². The Morgan fingerprint density at radius 1 is 1.16 bits per heavy atom. The number of hydrogen-bond acceptors (Lipinski definition) is 4. The molecule has 0 saturated carbocycles. The molecule has 0 aliphatic heterocycles. The summed E-state index contributed by atoms with van der Waals surface area (Å²) >= 11 is 5.90. The number of rotatable bonds is 7. The van der Waals surface area contributed by atoms with Crippen LogP contribution in [0.4, 0.5) is 4.39 Å². The van der Waals surface area contributed by atoms with Crippen molar-refractivity contribution in [2.75, 3.05) is 13.2 Å². The molecule has 0 saturated heterocycles. The van der Waals surface area contributed by atoms with Crippen molar-refractivity contribution in [3.8, 4) is 5.75 Å². The van der Waals surface area contributed by atoms with E-state index in [2.05, 4.69) is 5.32 Å². The highest BCUT2D eigenvalue weighted by molar-refractivity contribution is 6.30. The van der Waals surface area contributed by atoms with E-state index in [0.29, 0.717) is 5.02 Å². The number of halogens is 2. The summed E-state index contributed by atoms with van der Waals surface area (Å²) in [5, 5.41) is 3.26. The quantitative estimate of drug-likeness (QED) is 0.765. The molecule has 0 heterocycles. The lowest BCUT2D eigenvalue weighted by Gasteiger charge is -2.14. The molecule has 7 heteroatoms. The Morgan fingerprint density at radius 2 is 1.92 bits per heavy atom. The predicted octanol–water partition coefficient (Wildman–Crippen LogP) is 3.28. The average molecular weight is 366 g/mol. The van der Waals surface area contributed by atoms with E-state index < -0.39 is 30.9 Å². The molecule has 1 N–H and O–H groups in total. The molecule has 2 aromatic carbocycles. The van der Waals surface area contributed by atoms with E-state index in [1.807, 2.05) is 6.07 Å². The first-order chi connectivity index (χ1) is 11.9. The number of amides is 1. The summed E-state index contributed by atoms with van der Waals surface area (Å²) in [7, 11) is 0. The molecule has 132 valence electrons. The lowest BCUT2D eigenvalue weighted by Crippen LogP contribution is -2.31. The van der Waals surface area contributed by atoms with E-state index in [1.54, 1.807) is 25.1 Å². The number of benzene rings is 2. The highest BCUT2D eigenvalue weighted by Crippen LogP contribution is 2.17. The lowest BCUT2D eigenvalue weighted by molar-refractivity contribution is -0.150. The largest absolute Gasteiger partial charge is 0.482 e. The molecule has 0 radical (unpaired) electrons. The summed E-state index contributed by atoms with van der Waals surface area (Å²) in [6.07, 6.45) is 0. The van der Waals surface area contributed by atoms with Gasteiger partial charge in [-0.3, -0.25) is 4.79 Å². The number of esters is 1. The molecule has 1 amide bonds. The Hall–Kier alpha value is -2.60. The maximum Gasteiger partial charge on any atom is 0.344 e. The van der Waals surface area contributed by atoms with Crippen LogP contribution >= 0.6 is 11.6 Å². The van der Waals surface area contributed by atoms with Gasteiger partial charge >= 0.3 is 5.97 Å². The summed E-state index contributed by atoms with van der Waals surface area (Å²) < 4.78 is 22.9. The summed E-state index contributed by atoms with van der Waals surface area (Å²) in [5.41, 5.74) is 0.835. The zero-order valence-corrected chi connectivity index (χ0v) is 14.3. The third-order valence-corrected chi connectivity index (χ3v) is 3.48. The standard InChI is InChI=1S/C18H17ClFNO4/c1-12(13-4-2-5-14(19)8-13)21-17(22)10-25-18(23)11-24-16-7-3-6-15(20)9-16/h2-9,12H,10-11H2,1H3,(H,21,22)/t12-/m0/s1. The van der Waals surface area contributed by atoms with Crippen molar-refractivity contribution in [3.63, 3.8) is 0 Å². The van der Waals surface area contributed by atoms with Gasteiger partial charge in [0.1, 0.15) is 11.6 Å². The van der Waals surface area contributed by atoms with Crippen LogP contribution in [0.2, 0.25) is 5.02 Å². The maximum absolute atomic E-state index is 13.0. The van der Waals surface area contributed by atoms with E-state index >= 15 is 0 Å². The topological polar surface area (TPSA) is 64.6 Å². The van der Waals surface area contributed by atoms with Crippen LogP contribution in [-0.2, 0) is 14.3 Å². The highest BCUT2D eigenvalue weighted by Gasteiger charge is 2.12. The van der Waals surface area contributed by atoms with Gasteiger partial charge in [0.05, 0.1) is 6.04 Å². The van der Waals surface area contributed by atoms with Gasteiger partial charge < -0.3 is 14.8 Å². The molecule has 0 aliphatic carbocycles. The minimum Gasteiger partial charge on any atom is -0.482 e. The maximum atomic E-state index is 13.0. The molecule has 0 aliphatic rings. The van der Waals surface area contributed by atoms with Gasteiger partial charge in [0.2, 0.25) is 0 Å². The Kier molecular flexibility index (Phi) is 6.77. The number of ether oxygens (including phenoxy) is 2. The second-order valence-electron chi connectivity index (χ2n) is 5.25. The van der Waals surface area contributed by atoms with Crippen LogP contribution in [-0.4, -0.2) is 25.1 Å². The lowest BCUT2D eigenvalue weighted by atomic mass is 10.1. The molecule has 0 fully saturated rings. The summed E-state index contributed by atoms with van der Waals surface area (Å²) in [6.45, 7) is 0.940. The summed E-state index contributed by atoms with van der Waals surface area (Å²) in [6, 6.07) is 12.2. The fourth-order valence-electron chi connectivity index (χ4n) is 2.03. The Morgan fingerprint density at radius 3 is 2.64 bits per heavy atom. The fraction of sp³-hybridized carbons (Fsp3) is 0.222. The van der Waals surface area contributed by atoms with E-state index in [4.69, 9.17) is 21.1 Å². The van der Waals surface area contributed by atoms with Crippen molar-refractivity contribution in [3.05, 3.63) is 64.9 Å². The SMILES string of the molecule is C[C@H](NC(=O)COC(=O)COc1cccc(F)c1)c1cccc(Cl)c1. The predicted molar refractivity (Wildman–Crippen MR) is 90.9 cm³/mol. The fourth-order valence-corrected chi connectivity index (χ4v) is 2.23. The van der Waals surface area contributed by atoms with Crippen LogP contribution in [0, 0.1) is 5.82 Å². The molecule has 0 unspecified atom stereocenters. The van der Waals surface area contributed by atoms with Crippen molar-refractivity contribution in [1.29, 1.82) is 0 Å². The third-order valence-electron chi connectivity index (χ3n) is 3.24. The zero-order chi connectivity index (χ0) is 18.2. The second kappa shape index (κ2) is 9.03. The molecule has 25 heavy (non-hydrogen) atoms. The first-order valence-electron chi connectivity index (χ1n) is 7.53. The van der Waals surface area contributed by atoms with Gasteiger partial charge in [-0.05, 0) is 36.8 Å². The number of hydrogen-bond donors (Lipinski definition) is 1. The number of carbonyl (C=O) groups is 2. The van der Waals surface area contributed by atoms with Crippen LogP contribution in [0.1, 0.15) is 18.5 Å². The molecule has 2 aromatic rings. The van der Waals surface area contributed by atoms with E-state index in [0.717, 1.165) is 11.6 Å². The smallest absolute Gasteiger partial charge is 0.344 e. The van der Waals surface area contributed by atoms with Crippen molar-refractivity contribution < 1.29 is 23.5 Å². The van der Waals surface area contributed by atoms with Crippen LogP contribution in [0.3, 0.4) is 0 Å². The van der Waals surface area contributed by atoms with E-state index in [-0.39, 0.29) is 11.8 Å². The van der Waals surface area contributed by atoms with Crippen molar-refractivity contribution >= 4 is 23.5 Å². The first-order valence-corrected chi connectivity index (χ1v) is 7.90. The second-order valence-corrected chi connectivity index (χ2v) is 5.69. The Labute approximate surface area is 149 Å². The molecule has 0 bridgehead atoms. The van der Waals surface area contributed by atoms with Gasteiger partial charge in [-0.25, -0.2) is 9.18 Å². The number of carbonyl (C=O) groups excluding carboxylic acids is 2. The van der Waals surface area contributed by atoms with Crippen LogP contribution in [0.15, 0.2) is 48.5 Å². The molecule has 0 spiro atoms. The van der Waals surface area contributed by atoms with Gasteiger partial charge in [0.15, 0.2) is 13.2 Å². The monoisotopic (exact) mass is 365 g/mol. The van der Waals surface area contributed by atoms with Crippen molar-refractivity contribution in [2.24, 2.45) is 0 Å². The van der Waals surface area contributed by atoms with Gasteiger partial charge in [-0.15, -0.1) is 0 Å². The minimum absolute atomic E-state index is 0.205. The van der Waals surface area contributed by atoms with Gasteiger partial charge in [0, 0.05) is 11.1 Å². The zero-order valence-electron chi connectivity index (χ0n) is 13.5. The minimum atomic E-state index is -0.727. The third kappa shape index (κ3) is 6.43. The molecular formula is C18H17ClFNO4. The summed E-state index contributed by atoms with van der Waals surface area (Å²) in [4.78, 5) is 23.4. The van der Waals surface area contributed by atoms with Gasteiger partial charge in [-0.1, -0.05) is 29.8 Å². The molecular weight excluding hydrogens is 349 g/mol. The highest BCUT2D eigenvalue weighted by atomic mass is 35.5. The van der Waals surface area contributed by atoms with Crippen molar-refractivity contribution in [2.45, 2.75) is 13.0 Å². The van der Waals surface area contributed by atoms with Gasteiger partial charge in [-0.2, -0.15) is 0 Å². The van der Waals surface area contributed by atoms with Crippen LogP contribution in [0.25, 0.3) is 0 Å². The van der Waals surface area contributed by atoms with Gasteiger partial charge in [0.25, 0.3) is 5.91 Å². The first kappa shape index (κ1) is 18.7. The molecule has 5 nitrogen and oxygen atoms in total. The normalized spacial score (nSPS) is 11.5. The summed E-state index contributed by atoms with van der Waals surface area (Å²) in [5.74, 6) is -1.45. The van der Waals surface area contributed by atoms with Crippen LogP contribution in [0.5, 0.6) is 5.75 Å². The average Bonchev–Trinajstić information content (AvgIpc) is 2.58. The number of nitrogens with one attached hydrogen (secondary N) is 1. The molecule has 1 atom stereocenters. The molecule has 0 aromatic heterocycles.